The number of benzene rings is 3. The Labute approximate surface area is 153 Å². The highest BCUT2D eigenvalue weighted by Crippen LogP contribution is 2.56. The van der Waals surface area contributed by atoms with Crippen molar-refractivity contribution < 1.29 is 9.30 Å². The van der Waals surface area contributed by atoms with Crippen LogP contribution in [0.25, 0.3) is 6.08 Å². The second-order valence-corrected chi connectivity index (χ2v) is 8.71. The fourth-order valence-corrected chi connectivity index (χ4v) is 5.85. The van der Waals surface area contributed by atoms with E-state index in [1.54, 1.807) is 7.11 Å². The molecule has 0 spiro atoms. The predicted molar refractivity (Wildman–Crippen MR) is 108 cm³/mol. The van der Waals surface area contributed by atoms with Crippen molar-refractivity contribution in [1.82, 2.24) is 0 Å². The van der Waals surface area contributed by atoms with Crippen LogP contribution in [0.3, 0.4) is 0 Å². The van der Waals surface area contributed by atoms with Crippen LogP contribution in [0.2, 0.25) is 0 Å². The molecule has 26 heavy (non-hydrogen) atoms. The summed E-state index contributed by atoms with van der Waals surface area (Å²) in [5, 5.41) is 2.37. The van der Waals surface area contributed by atoms with Crippen LogP contribution in [0.15, 0.2) is 84.2 Å². The SMILES string of the molecule is COc1ccc(C#CC2=Cc3ccccc3P2(=O)c2ccccc2)cc1. The second-order valence-electron chi connectivity index (χ2n) is 6.01. The van der Waals surface area contributed by atoms with E-state index in [1.165, 1.54) is 0 Å². The largest absolute Gasteiger partial charge is 0.497 e. The summed E-state index contributed by atoms with van der Waals surface area (Å²) in [6.07, 6.45) is 1.96. The second kappa shape index (κ2) is 6.71. The Morgan fingerprint density at radius 3 is 2.23 bits per heavy atom. The Morgan fingerprint density at radius 2 is 1.50 bits per heavy atom. The molecule has 0 N–H and O–H groups in total. The third kappa shape index (κ3) is 2.77. The number of hydrogen-bond donors (Lipinski definition) is 0. The third-order valence-electron chi connectivity index (χ3n) is 4.45. The molecule has 1 aliphatic heterocycles. The van der Waals surface area contributed by atoms with Crippen LogP contribution in [0.5, 0.6) is 5.75 Å². The Hall–Kier alpha value is -3.01. The lowest BCUT2D eigenvalue weighted by molar-refractivity contribution is 0.415. The van der Waals surface area contributed by atoms with Crippen molar-refractivity contribution in [2.75, 3.05) is 7.11 Å². The summed E-state index contributed by atoms with van der Waals surface area (Å²) in [6.45, 7) is 0. The molecule has 0 radical (unpaired) electrons. The summed E-state index contributed by atoms with van der Waals surface area (Å²) in [4.78, 5) is 0. The summed E-state index contributed by atoms with van der Waals surface area (Å²) in [5.41, 5.74) is 1.85. The molecule has 1 aliphatic rings. The molecule has 0 saturated heterocycles. The van der Waals surface area contributed by atoms with Gasteiger partial charge in [-0.1, -0.05) is 66.4 Å². The highest BCUT2D eigenvalue weighted by atomic mass is 31.2. The van der Waals surface area contributed by atoms with Crippen molar-refractivity contribution in [2.45, 2.75) is 0 Å². The maximum absolute atomic E-state index is 14.1. The van der Waals surface area contributed by atoms with Crippen LogP contribution in [-0.2, 0) is 4.57 Å². The number of ether oxygens (including phenoxy) is 1. The summed E-state index contributed by atoms with van der Waals surface area (Å²) in [5.74, 6) is 7.12. The van der Waals surface area contributed by atoms with Gasteiger partial charge in [-0.05, 0) is 35.9 Å². The van der Waals surface area contributed by atoms with E-state index in [2.05, 4.69) is 11.8 Å². The van der Waals surface area contributed by atoms with Crippen molar-refractivity contribution in [1.29, 1.82) is 0 Å². The molecule has 1 atom stereocenters. The Morgan fingerprint density at radius 1 is 0.808 bits per heavy atom. The van der Waals surface area contributed by atoms with Gasteiger partial charge in [-0.2, -0.15) is 0 Å². The van der Waals surface area contributed by atoms with E-state index < -0.39 is 7.14 Å². The van der Waals surface area contributed by atoms with E-state index in [-0.39, 0.29) is 0 Å². The maximum atomic E-state index is 14.1. The van der Waals surface area contributed by atoms with Crippen LogP contribution in [0.1, 0.15) is 11.1 Å². The molecule has 3 aromatic rings. The van der Waals surface area contributed by atoms with Gasteiger partial charge in [0.05, 0.1) is 12.4 Å². The van der Waals surface area contributed by atoms with Gasteiger partial charge in [0.2, 0.25) is 0 Å². The van der Waals surface area contributed by atoms with Crippen molar-refractivity contribution in [3.63, 3.8) is 0 Å². The number of methoxy groups -OCH3 is 1. The Balaban J connectivity index is 1.80. The van der Waals surface area contributed by atoms with Gasteiger partial charge in [0.1, 0.15) is 5.75 Å². The molecule has 1 heterocycles. The Bertz CT molecular complexity index is 1080. The molecule has 0 aliphatic carbocycles. The molecule has 4 rings (SSSR count). The lowest BCUT2D eigenvalue weighted by atomic mass is 10.2. The average molecular weight is 356 g/mol. The van der Waals surface area contributed by atoms with Crippen LogP contribution in [-0.4, -0.2) is 7.11 Å². The average Bonchev–Trinajstić information content (AvgIpc) is 3.01. The van der Waals surface area contributed by atoms with E-state index in [4.69, 9.17) is 4.74 Å². The summed E-state index contributed by atoms with van der Waals surface area (Å²) >= 11 is 0. The van der Waals surface area contributed by atoms with Gasteiger partial charge in [-0.3, -0.25) is 0 Å². The first-order valence-electron chi connectivity index (χ1n) is 8.35. The highest BCUT2D eigenvalue weighted by molar-refractivity contribution is 7.83. The molecule has 2 nitrogen and oxygen atoms in total. The molecular weight excluding hydrogens is 339 g/mol. The van der Waals surface area contributed by atoms with E-state index in [0.29, 0.717) is 5.31 Å². The molecule has 0 aromatic heterocycles. The number of allylic oxidation sites excluding steroid dienone is 1. The van der Waals surface area contributed by atoms with Crippen molar-refractivity contribution >= 4 is 23.8 Å². The van der Waals surface area contributed by atoms with E-state index in [0.717, 1.165) is 27.5 Å². The topological polar surface area (TPSA) is 26.3 Å². The minimum atomic E-state index is -2.91. The first kappa shape index (κ1) is 16.5. The van der Waals surface area contributed by atoms with Gasteiger partial charge in [0, 0.05) is 16.2 Å². The zero-order valence-corrected chi connectivity index (χ0v) is 15.2. The van der Waals surface area contributed by atoms with E-state index in [1.807, 2.05) is 84.9 Å². The van der Waals surface area contributed by atoms with E-state index in [9.17, 15) is 4.57 Å². The standard InChI is InChI=1S/C23H17O2P/c1-25-20-14-11-18(12-15-20)13-16-22-17-19-7-5-6-10-23(19)26(22,24)21-8-3-2-4-9-21/h2-12,14-15,17H,1H3. The molecule has 126 valence electrons. The maximum Gasteiger partial charge on any atom is 0.179 e. The third-order valence-corrected chi connectivity index (χ3v) is 7.48. The quantitative estimate of drug-likeness (QED) is 0.502. The van der Waals surface area contributed by atoms with Gasteiger partial charge < -0.3 is 9.30 Å². The monoisotopic (exact) mass is 356 g/mol. The van der Waals surface area contributed by atoms with Gasteiger partial charge in [0.15, 0.2) is 7.14 Å². The molecule has 3 heteroatoms. The number of fused-ring (bicyclic) bond motifs is 1. The smallest absolute Gasteiger partial charge is 0.179 e. The first-order valence-corrected chi connectivity index (χ1v) is 10.1. The van der Waals surface area contributed by atoms with Gasteiger partial charge in [0.25, 0.3) is 0 Å². The van der Waals surface area contributed by atoms with Crippen molar-refractivity contribution in [3.05, 3.63) is 95.3 Å². The fraction of sp³-hybridized carbons (Fsp3) is 0.0435. The van der Waals surface area contributed by atoms with Crippen molar-refractivity contribution in [2.24, 2.45) is 0 Å². The highest BCUT2D eigenvalue weighted by Gasteiger charge is 2.37. The molecule has 0 saturated carbocycles. The van der Waals surface area contributed by atoms with Crippen LogP contribution in [0.4, 0.5) is 0 Å². The zero-order chi connectivity index (χ0) is 18.0. The molecule has 0 bridgehead atoms. The molecule has 0 amide bonds. The normalized spacial score (nSPS) is 17.7. The van der Waals surface area contributed by atoms with Gasteiger partial charge in [-0.25, -0.2) is 0 Å². The van der Waals surface area contributed by atoms with Gasteiger partial charge >= 0.3 is 0 Å². The minimum absolute atomic E-state index is 0.681. The Kier molecular flexibility index (Phi) is 4.25. The lowest BCUT2D eigenvalue weighted by Crippen LogP contribution is -2.15. The molecule has 1 unspecified atom stereocenters. The lowest BCUT2D eigenvalue weighted by Gasteiger charge is -2.15. The number of hydrogen-bond acceptors (Lipinski definition) is 2. The minimum Gasteiger partial charge on any atom is -0.497 e. The predicted octanol–water partition coefficient (Wildman–Crippen LogP) is 4.42. The summed E-state index contributed by atoms with van der Waals surface area (Å²) in [7, 11) is -1.28. The summed E-state index contributed by atoms with van der Waals surface area (Å²) < 4.78 is 19.3. The van der Waals surface area contributed by atoms with Crippen molar-refractivity contribution in [3.8, 4) is 17.6 Å². The zero-order valence-electron chi connectivity index (χ0n) is 14.3. The van der Waals surface area contributed by atoms with E-state index >= 15 is 0 Å². The summed E-state index contributed by atoms with van der Waals surface area (Å²) in [6, 6.07) is 25.0. The molecular formula is C23H17O2P. The van der Waals surface area contributed by atoms with Crippen LogP contribution >= 0.6 is 7.14 Å². The first-order chi connectivity index (χ1) is 12.7. The molecule has 0 fully saturated rings. The van der Waals surface area contributed by atoms with Crippen LogP contribution < -0.4 is 15.3 Å². The van der Waals surface area contributed by atoms with Crippen LogP contribution in [0, 0.1) is 11.8 Å². The molecule has 3 aromatic carbocycles. The fourth-order valence-electron chi connectivity index (χ4n) is 3.11. The number of rotatable bonds is 2. The van der Waals surface area contributed by atoms with Gasteiger partial charge in [-0.15, -0.1) is 0 Å².